The van der Waals surface area contributed by atoms with Crippen molar-refractivity contribution in [3.63, 3.8) is 0 Å². The maximum absolute atomic E-state index is 5.81. The van der Waals surface area contributed by atoms with Crippen LogP contribution in [-0.4, -0.2) is 20.3 Å². The summed E-state index contributed by atoms with van der Waals surface area (Å²) in [6, 6.07) is 13.4. The molecule has 0 aliphatic heterocycles. The number of rotatable bonds is 5. The second-order valence-corrected chi connectivity index (χ2v) is 4.09. The predicted octanol–water partition coefficient (Wildman–Crippen LogP) is 2.70. The first-order chi connectivity index (χ1) is 9.26. The quantitative estimate of drug-likeness (QED) is 0.832. The molecule has 0 aliphatic rings. The van der Waals surface area contributed by atoms with Gasteiger partial charge in [-0.3, -0.25) is 0 Å². The summed E-state index contributed by atoms with van der Waals surface area (Å²) in [5, 5.41) is 0. The van der Waals surface area contributed by atoms with Crippen LogP contribution in [0.15, 0.2) is 42.5 Å². The Morgan fingerprint density at radius 1 is 1.00 bits per heavy atom. The molecule has 2 aromatic carbocycles. The highest BCUT2D eigenvalue weighted by Gasteiger charge is 2.11. The van der Waals surface area contributed by atoms with E-state index < -0.39 is 0 Å². The minimum atomic E-state index is 0. The van der Waals surface area contributed by atoms with Gasteiger partial charge >= 0.3 is 0 Å². The van der Waals surface area contributed by atoms with Gasteiger partial charge < -0.3 is 20.9 Å². The Bertz CT molecular complexity index is 561. The van der Waals surface area contributed by atoms with Gasteiger partial charge in [-0.2, -0.15) is 0 Å². The smallest absolute Gasteiger partial charge is 0.129 e. The molecule has 0 amide bonds. The van der Waals surface area contributed by atoms with Crippen molar-refractivity contribution >= 4 is 18.1 Å². The summed E-state index contributed by atoms with van der Waals surface area (Å²) >= 11 is 0. The zero-order valence-corrected chi connectivity index (χ0v) is 12.2. The molecule has 0 fully saturated rings. The van der Waals surface area contributed by atoms with Crippen molar-refractivity contribution in [2.75, 3.05) is 26.0 Å². The number of methoxy groups -OCH3 is 1. The average Bonchev–Trinajstić information content (AvgIpc) is 2.45. The monoisotopic (exact) mass is 294 g/mol. The molecule has 0 atom stereocenters. The van der Waals surface area contributed by atoms with Gasteiger partial charge in [-0.1, -0.05) is 18.2 Å². The molecule has 0 aliphatic carbocycles. The van der Waals surface area contributed by atoms with Gasteiger partial charge in [-0.05, 0) is 18.2 Å². The minimum Gasteiger partial charge on any atom is -0.496 e. The minimum absolute atomic E-state index is 0. The standard InChI is InChI=1S/C15H18N2O2.ClH/c1-18-14-5-3-2-4-12(14)13-7-6-11(17)10-15(13)19-9-8-16;/h2-7,10H,8-9,16-17H2,1H3;1H. The van der Waals surface area contributed by atoms with Crippen LogP contribution in [0.1, 0.15) is 0 Å². The molecule has 2 rings (SSSR count). The number of hydrogen-bond donors (Lipinski definition) is 2. The number of anilines is 1. The zero-order chi connectivity index (χ0) is 13.7. The van der Waals surface area contributed by atoms with Crippen LogP contribution in [0.25, 0.3) is 11.1 Å². The number of nitrogen functional groups attached to an aromatic ring is 1. The first kappa shape index (κ1) is 16.1. The Kier molecular flexibility index (Phi) is 6.15. The lowest BCUT2D eigenvalue weighted by Gasteiger charge is -2.14. The molecule has 5 heteroatoms. The molecule has 0 radical (unpaired) electrons. The summed E-state index contributed by atoms with van der Waals surface area (Å²) in [6.07, 6.45) is 0. The fraction of sp³-hybridized carbons (Fsp3) is 0.200. The lowest BCUT2D eigenvalue weighted by atomic mass is 10.0. The van der Waals surface area contributed by atoms with Gasteiger partial charge in [0.05, 0.1) is 7.11 Å². The van der Waals surface area contributed by atoms with Crippen LogP contribution in [0.4, 0.5) is 5.69 Å². The second kappa shape index (κ2) is 7.62. The van der Waals surface area contributed by atoms with Gasteiger partial charge in [0.15, 0.2) is 0 Å². The summed E-state index contributed by atoms with van der Waals surface area (Å²) in [5.74, 6) is 1.51. The van der Waals surface area contributed by atoms with Crippen LogP contribution in [0.2, 0.25) is 0 Å². The third-order valence-corrected chi connectivity index (χ3v) is 2.78. The molecule has 2 aromatic rings. The predicted molar refractivity (Wildman–Crippen MR) is 84.6 cm³/mol. The molecular weight excluding hydrogens is 276 g/mol. The van der Waals surface area contributed by atoms with E-state index >= 15 is 0 Å². The number of nitrogens with two attached hydrogens (primary N) is 2. The fourth-order valence-electron chi connectivity index (χ4n) is 1.92. The van der Waals surface area contributed by atoms with E-state index in [4.69, 9.17) is 20.9 Å². The molecule has 0 unspecified atom stereocenters. The molecule has 108 valence electrons. The van der Waals surface area contributed by atoms with E-state index in [1.165, 1.54) is 0 Å². The Morgan fingerprint density at radius 2 is 1.70 bits per heavy atom. The lowest BCUT2D eigenvalue weighted by Crippen LogP contribution is -2.11. The molecule has 20 heavy (non-hydrogen) atoms. The van der Waals surface area contributed by atoms with Gasteiger partial charge in [0.25, 0.3) is 0 Å². The number of para-hydroxylation sites is 1. The Morgan fingerprint density at radius 3 is 2.40 bits per heavy atom. The fourth-order valence-corrected chi connectivity index (χ4v) is 1.92. The summed E-state index contributed by atoms with van der Waals surface area (Å²) in [5.41, 5.74) is 13.9. The third kappa shape index (κ3) is 3.56. The first-order valence-corrected chi connectivity index (χ1v) is 6.12. The largest absolute Gasteiger partial charge is 0.496 e. The van der Waals surface area contributed by atoms with Crippen molar-refractivity contribution in [1.29, 1.82) is 0 Å². The highest BCUT2D eigenvalue weighted by Crippen LogP contribution is 2.37. The Balaban J connectivity index is 0.00000200. The van der Waals surface area contributed by atoms with Gasteiger partial charge in [0, 0.05) is 29.4 Å². The second-order valence-electron chi connectivity index (χ2n) is 4.09. The third-order valence-electron chi connectivity index (χ3n) is 2.78. The van der Waals surface area contributed by atoms with Crippen LogP contribution in [0, 0.1) is 0 Å². The Labute approximate surface area is 125 Å². The summed E-state index contributed by atoms with van der Waals surface area (Å²) in [7, 11) is 1.65. The van der Waals surface area contributed by atoms with Crippen LogP contribution in [0.5, 0.6) is 11.5 Å². The number of hydrogen-bond acceptors (Lipinski definition) is 4. The van der Waals surface area contributed by atoms with Crippen LogP contribution >= 0.6 is 12.4 Å². The van der Waals surface area contributed by atoms with Gasteiger partial charge in [0.2, 0.25) is 0 Å². The average molecular weight is 295 g/mol. The lowest BCUT2D eigenvalue weighted by molar-refractivity contribution is 0.329. The molecule has 0 bridgehead atoms. The van der Waals surface area contributed by atoms with Gasteiger partial charge in [-0.15, -0.1) is 12.4 Å². The van der Waals surface area contributed by atoms with Gasteiger partial charge in [-0.25, -0.2) is 0 Å². The topological polar surface area (TPSA) is 70.5 Å². The highest BCUT2D eigenvalue weighted by atomic mass is 35.5. The van der Waals surface area contributed by atoms with E-state index in [1.807, 2.05) is 36.4 Å². The van der Waals surface area contributed by atoms with E-state index in [9.17, 15) is 0 Å². The maximum atomic E-state index is 5.81. The van der Waals surface area contributed by atoms with Crippen LogP contribution < -0.4 is 20.9 Å². The van der Waals surface area contributed by atoms with Crippen LogP contribution in [-0.2, 0) is 0 Å². The number of halogens is 1. The summed E-state index contributed by atoms with van der Waals surface area (Å²) in [4.78, 5) is 0. The number of benzene rings is 2. The van der Waals surface area contributed by atoms with E-state index in [0.29, 0.717) is 18.8 Å². The molecule has 4 N–H and O–H groups in total. The van der Waals surface area contributed by atoms with Crippen LogP contribution in [0.3, 0.4) is 0 Å². The van der Waals surface area contributed by atoms with Gasteiger partial charge in [0.1, 0.15) is 18.1 Å². The summed E-state index contributed by atoms with van der Waals surface area (Å²) < 4.78 is 11.0. The molecule has 0 aromatic heterocycles. The van der Waals surface area contributed by atoms with Crippen molar-refractivity contribution in [2.45, 2.75) is 0 Å². The maximum Gasteiger partial charge on any atom is 0.129 e. The molecular formula is C15H19ClN2O2. The highest BCUT2D eigenvalue weighted by molar-refractivity contribution is 5.85. The van der Waals surface area contributed by atoms with E-state index in [1.54, 1.807) is 13.2 Å². The Hall–Kier alpha value is -1.91. The number of ether oxygens (including phenoxy) is 2. The molecule has 0 spiro atoms. The van der Waals surface area contributed by atoms with Crippen molar-refractivity contribution in [3.05, 3.63) is 42.5 Å². The SMILES string of the molecule is COc1ccccc1-c1ccc(N)cc1OCCN.Cl. The van der Waals surface area contributed by atoms with Crippen molar-refractivity contribution in [1.82, 2.24) is 0 Å². The zero-order valence-electron chi connectivity index (χ0n) is 11.3. The van der Waals surface area contributed by atoms with Crippen molar-refractivity contribution in [2.24, 2.45) is 5.73 Å². The van der Waals surface area contributed by atoms with E-state index in [2.05, 4.69) is 0 Å². The van der Waals surface area contributed by atoms with Crippen molar-refractivity contribution < 1.29 is 9.47 Å². The van der Waals surface area contributed by atoms with E-state index in [0.717, 1.165) is 22.6 Å². The summed E-state index contributed by atoms with van der Waals surface area (Å²) in [6.45, 7) is 0.908. The normalized spacial score (nSPS) is 9.70. The molecule has 0 heterocycles. The van der Waals surface area contributed by atoms with E-state index in [-0.39, 0.29) is 12.4 Å². The first-order valence-electron chi connectivity index (χ1n) is 6.12. The van der Waals surface area contributed by atoms with Crippen molar-refractivity contribution in [3.8, 4) is 22.6 Å². The molecule has 4 nitrogen and oxygen atoms in total. The molecule has 0 saturated heterocycles. The molecule has 0 saturated carbocycles.